The topological polar surface area (TPSA) is 0 Å². The molecule has 0 aromatic carbocycles. The van der Waals surface area contributed by atoms with Crippen LogP contribution in [0.5, 0.6) is 0 Å². The smallest absolute Gasteiger partial charge is 0.0355 e. The van der Waals surface area contributed by atoms with Crippen LogP contribution >= 0.6 is 0 Å². The molecule has 0 radical (unpaired) electrons. The summed E-state index contributed by atoms with van der Waals surface area (Å²) in [4.78, 5) is 0. The first-order valence-corrected chi connectivity index (χ1v) is 4.95. The van der Waals surface area contributed by atoms with Crippen molar-refractivity contribution in [3.63, 3.8) is 0 Å². The second kappa shape index (κ2) is 1.78. The zero-order valence-electron chi connectivity index (χ0n) is 6.55. The van der Waals surface area contributed by atoms with Crippen molar-refractivity contribution >= 4 is 0 Å². The summed E-state index contributed by atoms with van der Waals surface area (Å²) >= 11 is 0. The van der Waals surface area contributed by atoms with Crippen LogP contribution < -0.4 is 0 Å². The fourth-order valence-electron chi connectivity index (χ4n) is 3.76. The van der Waals surface area contributed by atoms with Crippen LogP contribution in [0.4, 0.5) is 0 Å². The molecule has 0 heteroatoms. The average molecular weight is 136 g/mol. The molecule has 0 aromatic heterocycles. The second-order valence-corrected chi connectivity index (χ2v) is 4.59. The SMILES string of the molecule is C1CC2CC3CCC3C2C1. The fraction of sp³-hybridized carbons (Fsp3) is 1.00. The molecule has 0 N–H and O–H groups in total. The van der Waals surface area contributed by atoms with Crippen LogP contribution in [0, 0.1) is 23.7 Å². The molecule has 3 fully saturated rings. The van der Waals surface area contributed by atoms with Gasteiger partial charge < -0.3 is 0 Å². The molecule has 56 valence electrons. The Hall–Kier alpha value is 0. The number of hydrogen-bond donors (Lipinski definition) is 0. The van der Waals surface area contributed by atoms with Gasteiger partial charge in [-0.25, -0.2) is 0 Å². The summed E-state index contributed by atoms with van der Waals surface area (Å²) in [6.07, 6.45) is 9.51. The molecule has 0 saturated heterocycles. The van der Waals surface area contributed by atoms with Gasteiger partial charge in [-0.05, 0) is 49.4 Å². The Balaban J connectivity index is 1.85. The first kappa shape index (κ1) is 5.62. The van der Waals surface area contributed by atoms with Gasteiger partial charge >= 0.3 is 0 Å². The van der Waals surface area contributed by atoms with Gasteiger partial charge in [0.2, 0.25) is 0 Å². The van der Waals surface area contributed by atoms with E-state index < -0.39 is 0 Å². The minimum atomic E-state index is 1.19. The molecular formula is C10H16. The highest BCUT2D eigenvalue weighted by Crippen LogP contribution is 2.58. The monoisotopic (exact) mass is 136 g/mol. The first-order chi connectivity index (χ1) is 4.95. The zero-order valence-corrected chi connectivity index (χ0v) is 6.55. The Morgan fingerprint density at radius 1 is 0.700 bits per heavy atom. The van der Waals surface area contributed by atoms with E-state index in [2.05, 4.69) is 0 Å². The molecule has 4 atom stereocenters. The lowest BCUT2D eigenvalue weighted by Gasteiger charge is -2.33. The van der Waals surface area contributed by atoms with Crippen LogP contribution in [0.3, 0.4) is 0 Å². The van der Waals surface area contributed by atoms with E-state index in [0.29, 0.717) is 0 Å². The lowest BCUT2D eigenvalue weighted by Crippen LogP contribution is -2.24. The van der Waals surface area contributed by atoms with Crippen molar-refractivity contribution in [2.45, 2.75) is 38.5 Å². The number of fused-ring (bicyclic) bond motifs is 3. The van der Waals surface area contributed by atoms with Crippen molar-refractivity contribution in [3.8, 4) is 0 Å². The maximum Gasteiger partial charge on any atom is -0.0355 e. The maximum atomic E-state index is 1.62. The summed E-state index contributed by atoms with van der Waals surface area (Å²) in [5, 5.41) is 0. The first-order valence-electron chi connectivity index (χ1n) is 4.95. The average Bonchev–Trinajstić information content (AvgIpc) is 2.35. The van der Waals surface area contributed by atoms with Crippen LogP contribution in [-0.4, -0.2) is 0 Å². The molecule has 3 aliphatic rings. The van der Waals surface area contributed by atoms with Gasteiger partial charge in [0.15, 0.2) is 0 Å². The minimum Gasteiger partial charge on any atom is -0.0527 e. The Bertz CT molecular complexity index is 148. The predicted molar refractivity (Wildman–Crippen MR) is 41.7 cm³/mol. The predicted octanol–water partition coefficient (Wildman–Crippen LogP) is 2.83. The lowest BCUT2D eigenvalue weighted by atomic mass is 9.72. The molecule has 3 saturated carbocycles. The molecule has 4 unspecified atom stereocenters. The molecule has 0 nitrogen and oxygen atoms in total. The highest BCUT2D eigenvalue weighted by Gasteiger charge is 2.49. The summed E-state index contributed by atoms with van der Waals surface area (Å²) in [6.45, 7) is 0. The van der Waals surface area contributed by atoms with E-state index in [1.165, 1.54) is 23.7 Å². The van der Waals surface area contributed by atoms with E-state index in [1.807, 2.05) is 0 Å². The molecule has 0 bridgehead atoms. The van der Waals surface area contributed by atoms with Crippen molar-refractivity contribution in [1.29, 1.82) is 0 Å². The third-order valence-electron chi connectivity index (χ3n) is 4.35. The van der Waals surface area contributed by atoms with Gasteiger partial charge in [0, 0.05) is 0 Å². The fourth-order valence-corrected chi connectivity index (χ4v) is 3.76. The molecule has 0 aromatic rings. The summed E-state index contributed by atoms with van der Waals surface area (Å²) in [5.41, 5.74) is 0. The molecule has 0 spiro atoms. The van der Waals surface area contributed by atoms with E-state index in [4.69, 9.17) is 0 Å². The molecule has 0 amide bonds. The zero-order chi connectivity index (χ0) is 6.55. The van der Waals surface area contributed by atoms with Crippen molar-refractivity contribution in [2.75, 3.05) is 0 Å². The van der Waals surface area contributed by atoms with Crippen molar-refractivity contribution in [1.82, 2.24) is 0 Å². The molecule has 0 aliphatic heterocycles. The van der Waals surface area contributed by atoms with Crippen LogP contribution in [0.25, 0.3) is 0 Å². The number of rotatable bonds is 0. The van der Waals surface area contributed by atoms with Gasteiger partial charge in [0.25, 0.3) is 0 Å². The lowest BCUT2D eigenvalue weighted by molar-refractivity contribution is 0.168. The Labute approximate surface area is 63.0 Å². The van der Waals surface area contributed by atoms with Crippen LogP contribution in [0.2, 0.25) is 0 Å². The Morgan fingerprint density at radius 2 is 1.50 bits per heavy atom. The van der Waals surface area contributed by atoms with Gasteiger partial charge in [0.1, 0.15) is 0 Å². The molecule has 10 heavy (non-hydrogen) atoms. The molecular weight excluding hydrogens is 120 g/mol. The van der Waals surface area contributed by atoms with Crippen molar-refractivity contribution in [3.05, 3.63) is 0 Å². The number of hydrogen-bond acceptors (Lipinski definition) is 0. The van der Waals surface area contributed by atoms with E-state index >= 15 is 0 Å². The molecule has 3 rings (SSSR count). The van der Waals surface area contributed by atoms with E-state index in [1.54, 1.807) is 38.5 Å². The van der Waals surface area contributed by atoms with E-state index in [0.717, 1.165) is 0 Å². The Morgan fingerprint density at radius 3 is 2.30 bits per heavy atom. The largest absolute Gasteiger partial charge is 0.0527 e. The quantitative estimate of drug-likeness (QED) is 0.480. The van der Waals surface area contributed by atoms with E-state index in [9.17, 15) is 0 Å². The van der Waals surface area contributed by atoms with Gasteiger partial charge in [-0.1, -0.05) is 12.8 Å². The summed E-state index contributed by atoms with van der Waals surface area (Å²) in [6, 6.07) is 0. The van der Waals surface area contributed by atoms with Crippen LogP contribution in [0.15, 0.2) is 0 Å². The summed E-state index contributed by atoms with van der Waals surface area (Å²) < 4.78 is 0. The van der Waals surface area contributed by atoms with Gasteiger partial charge in [-0.3, -0.25) is 0 Å². The summed E-state index contributed by atoms with van der Waals surface area (Å²) in [5.74, 6) is 4.82. The third kappa shape index (κ3) is 0.538. The highest BCUT2D eigenvalue weighted by atomic mass is 14.5. The Kier molecular flexibility index (Phi) is 1.00. The van der Waals surface area contributed by atoms with Crippen molar-refractivity contribution < 1.29 is 0 Å². The maximum absolute atomic E-state index is 1.62. The standard InChI is InChI=1S/C10H16/c1-2-7-6-8-4-5-10(8)9(7)3-1/h7-10H,1-6H2. The molecule has 3 aliphatic carbocycles. The minimum absolute atomic E-state index is 1.19. The van der Waals surface area contributed by atoms with Crippen LogP contribution in [0.1, 0.15) is 38.5 Å². The second-order valence-electron chi connectivity index (χ2n) is 4.59. The van der Waals surface area contributed by atoms with Gasteiger partial charge in [-0.15, -0.1) is 0 Å². The summed E-state index contributed by atoms with van der Waals surface area (Å²) in [7, 11) is 0. The van der Waals surface area contributed by atoms with Crippen LogP contribution in [-0.2, 0) is 0 Å². The van der Waals surface area contributed by atoms with Gasteiger partial charge in [-0.2, -0.15) is 0 Å². The normalized spacial score (nSPS) is 57.6. The van der Waals surface area contributed by atoms with E-state index in [-0.39, 0.29) is 0 Å². The van der Waals surface area contributed by atoms with Crippen molar-refractivity contribution in [2.24, 2.45) is 23.7 Å². The highest BCUT2D eigenvalue weighted by molar-refractivity contribution is 4.99. The third-order valence-corrected chi connectivity index (χ3v) is 4.35. The molecule has 0 heterocycles. The van der Waals surface area contributed by atoms with Gasteiger partial charge in [0.05, 0.1) is 0 Å².